The zero-order valence-corrected chi connectivity index (χ0v) is 11.5. The highest BCUT2D eigenvalue weighted by atomic mass is 15.3. The summed E-state index contributed by atoms with van der Waals surface area (Å²) in [4.78, 5) is 4.22. The molecule has 1 fully saturated rings. The summed E-state index contributed by atoms with van der Waals surface area (Å²) in [6, 6.07) is 6.18. The van der Waals surface area contributed by atoms with Crippen molar-refractivity contribution in [1.82, 2.24) is 14.8 Å². The number of aromatic nitrogens is 3. The molecular formula is C15H17N5. The highest BCUT2D eigenvalue weighted by Crippen LogP contribution is 2.32. The Morgan fingerprint density at radius 1 is 1.40 bits per heavy atom. The van der Waals surface area contributed by atoms with Gasteiger partial charge < -0.3 is 5.32 Å². The van der Waals surface area contributed by atoms with E-state index < -0.39 is 0 Å². The summed E-state index contributed by atoms with van der Waals surface area (Å²) in [7, 11) is 0. The molecule has 0 unspecified atom stereocenters. The van der Waals surface area contributed by atoms with Gasteiger partial charge in [-0.05, 0) is 31.9 Å². The van der Waals surface area contributed by atoms with Gasteiger partial charge in [-0.15, -0.1) is 0 Å². The summed E-state index contributed by atoms with van der Waals surface area (Å²) in [6.07, 6.45) is 8.48. The molecule has 0 radical (unpaired) electrons. The van der Waals surface area contributed by atoms with Gasteiger partial charge >= 0.3 is 0 Å². The molecule has 2 aromatic rings. The summed E-state index contributed by atoms with van der Waals surface area (Å²) in [5.41, 5.74) is 2.57. The van der Waals surface area contributed by atoms with Crippen molar-refractivity contribution in [3.8, 4) is 6.07 Å². The van der Waals surface area contributed by atoms with Crippen LogP contribution in [-0.2, 0) is 0 Å². The predicted octanol–water partition coefficient (Wildman–Crippen LogP) is 3.32. The number of pyridine rings is 1. The first-order valence-electron chi connectivity index (χ1n) is 6.96. The SMILES string of the molecule is Cc1c(Nc2ncccc2C#N)cnn1C1CCCC1. The molecule has 0 aromatic carbocycles. The standard InChI is InChI=1S/C15H17N5/c1-11-14(10-18-20(11)13-6-2-3-7-13)19-15-12(9-16)5-4-8-17-15/h4-5,8,10,13H,2-3,6-7H2,1H3,(H,17,19). The molecule has 1 aliphatic carbocycles. The quantitative estimate of drug-likeness (QED) is 0.926. The summed E-state index contributed by atoms with van der Waals surface area (Å²) in [6.45, 7) is 2.06. The van der Waals surface area contributed by atoms with Crippen molar-refractivity contribution in [3.63, 3.8) is 0 Å². The lowest BCUT2D eigenvalue weighted by molar-refractivity contribution is 0.457. The average molecular weight is 267 g/mol. The van der Waals surface area contributed by atoms with Crippen molar-refractivity contribution in [2.24, 2.45) is 0 Å². The fourth-order valence-electron chi connectivity index (χ4n) is 2.79. The van der Waals surface area contributed by atoms with Gasteiger partial charge in [0.05, 0.1) is 29.2 Å². The third-order valence-electron chi connectivity index (χ3n) is 3.90. The molecule has 2 heterocycles. The van der Waals surface area contributed by atoms with Gasteiger partial charge in [-0.25, -0.2) is 4.98 Å². The molecule has 2 aromatic heterocycles. The molecule has 1 N–H and O–H groups in total. The van der Waals surface area contributed by atoms with Gasteiger partial charge in [0.1, 0.15) is 11.9 Å². The molecule has 0 bridgehead atoms. The second kappa shape index (κ2) is 5.33. The van der Waals surface area contributed by atoms with Crippen LogP contribution in [0.1, 0.15) is 43.0 Å². The molecule has 1 aliphatic rings. The maximum absolute atomic E-state index is 9.09. The highest BCUT2D eigenvalue weighted by molar-refractivity contribution is 5.63. The third-order valence-corrected chi connectivity index (χ3v) is 3.90. The summed E-state index contributed by atoms with van der Waals surface area (Å²) >= 11 is 0. The van der Waals surface area contributed by atoms with E-state index in [9.17, 15) is 0 Å². The molecule has 3 rings (SSSR count). The smallest absolute Gasteiger partial charge is 0.148 e. The molecule has 1 saturated carbocycles. The third kappa shape index (κ3) is 2.25. The largest absolute Gasteiger partial charge is 0.336 e. The first-order valence-corrected chi connectivity index (χ1v) is 6.96. The summed E-state index contributed by atoms with van der Waals surface area (Å²) < 4.78 is 2.10. The minimum Gasteiger partial charge on any atom is -0.336 e. The van der Waals surface area contributed by atoms with Gasteiger partial charge in [0.25, 0.3) is 0 Å². The van der Waals surface area contributed by atoms with E-state index in [1.54, 1.807) is 18.3 Å². The van der Waals surface area contributed by atoms with Crippen LogP contribution in [0.4, 0.5) is 11.5 Å². The Hall–Kier alpha value is -2.35. The van der Waals surface area contributed by atoms with Gasteiger partial charge in [-0.1, -0.05) is 12.8 Å². The monoisotopic (exact) mass is 267 g/mol. The van der Waals surface area contributed by atoms with Crippen molar-refractivity contribution in [3.05, 3.63) is 35.8 Å². The number of rotatable bonds is 3. The van der Waals surface area contributed by atoms with Crippen LogP contribution >= 0.6 is 0 Å². The Kier molecular flexibility index (Phi) is 3.38. The van der Waals surface area contributed by atoms with Crippen LogP contribution in [0.3, 0.4) is 0 Å². The minimum absolute atomic E-state index is 0.518. The second-order valence-electron chi connectivity index (χ2n) is 5.16. The van der Waals surface area contributed by atoms with Crippen LogP contribution in [0.15, 0.2) is 24.5 Å². The van der Waals surface area contributed by atoms with Crippen LogP contribution < -0.4 is 5.32 Å². The van der Waals surface area contributed by atoms with Crippen LogP contribution in [0.5, 0.6) is 0 Å². The lowest BCUT2D eigenvalue weighted by Crippen LogP contribution is -2.08. The van der Waals surface area contributed by atoms with Crippen molar-refractivity contribution >= 4 is 11.5 Å². The van der Waals surface area contributed by atoms with Gasteiger partial charge in [-0.2, -0.15) is 10.4 Å². The van der Waals surface area contributed by atoms with Gasteiger partial charge in [0.2, 0.25) is 0 Å². The molecular weight excluding hydrogens is 250 g/mol. The zero-order valence-electron chi connectivity index (χ0n) is 11.5. The zero-order chi connectivity index (χ0) is 13.9. The topological polar surface area (TPSA) is 66.5 Å². The van der Waals surface area contributed by atoms with E-state index in [0.29, 0.717) is 17.4 Å². The molecule has 0 aliphatic heterocycles. The summed E-state index contributed by atoms with van der Waals surface area (Å²) in [5, 5.41) is 16.8. The van der Waals surface area contributed by atoms with Crippen LogP contribution in [-0.4, -0.2) is 14.8 Å². The Labute approximate surface area is 118 Å². The molecule has 102 valence electrons. The van der Waals surface area contributed by atoms with Gasteiger partial charge in [0, 0.05) is 6.20 Å². The number of anilines is 2. The fraction of sp³-hybridized carbons (Fsp3) is 0.400. The second-order valence-corrected chi connectivity index (χ2v) is 5.16. The normalized spacial score (nSPS) is 15.2. The Balaban J connectivity index is 1.86. The maximum atomic E-state index is 9.09. The first kappa shape index (κ1) is 12.7. The van der Waals surface area contributed by atoms with Crippen molar-refractivity contribution in [1.29, 1.82) is 5.26 Å². The first-order chi connectivity index (χ1) is 9.79. The number of nitrogens with one attached hydrogen (secondary N) is 1. The number of hydrogen-bond acceptors (Lipinski definition) is 4. The molecule has 0 atom stereocenters. The van der Waals surface area contributed by atoms with E-state index in [4.69, 9.17) is 5.26 Å². The highest BCUT2D eigenvalue weighted by Gasteiger charge is 2.20. The molecule has 0 amide bonds. The lowest BCUT2D eigenvalue weighted by atomic mass is 10.2. The summed E-state index contributed by atoms with van der Waals surface area (Å²) in [5.74, 6) is 0.587. The number of nitriles is 1. The molecule has 5 heteroatoms. The minimum atomic E-state index is 0.518. The van der Waals surface area contributed by atoms with E-state index in [1.165, 1.54) is 25.7 Å². The van der Waals surface area contributed by atoms with Gasteiger partial charge in [0.15, 0.2) is 0 Å². The van der Waals surface area contributed by atoms with Gasteiger partial charge in [-0.3, -0.25) is 4.68 Å². The van der Waals surface area contributed by atoms with Crippen LogP contribution in [0.25, 0.3) is 0 Å². The van der Waals surface area contributed by atoms with E-state index in [-0.39, 0.29) is 0 Å². The molecule has 20 heavy (non-hydrogen) atoms. The molecule has 5 nitrogen and oxygen atoms in total. The fourth-order valence-corrected chi connectivity index (χ4v) is 2.79. The molecule has 0 spiro atoms. The van der Waals surface area contributed by atoms with Crippen molar-refractivity contribution < 1.29 is 0 Å². The maximum Gasteiger partial charge on any atom is 0.148 e. The number of nitrogens with zero attached hydrogens (tertiary/aromatic N) is 4. The van der Waals surface area contributed by atoms with E-state index in [0.717, 1.165) is 11.4 Å². The Morgan fingerprint density at radius 3 is 2.95 bits per heavy atom. The van der Waals surface area contributed by atoms with Crippen molar-refractivity contribution in [2.45, 2.75) is 38.6 Å². The number of hydrogen-bond donors (Lipinski definition) is 1. The molecule has 0 saturated heterocycles. The van der Waals surface area contributed by atoms with Crippen molar-refractivity contribution in [2.75, 3.05) is 5.32 Å². The van der Waals surface area contributed by atoms with E-state index in [2.05, 4.69) is 33.1 Å². The van der Waals surface area contributed by atoms with Crippen LogP contribution in [0, 0.1) is 18.3 Å². The lowest BCUT2D eigenvalue weighted by Gasteiger charge is -2.13. The van der Waals surface area contributed by atoms with E-state index in [1.807, 2.05) is 6.20 Å². The predicted molar refractivity (Wildman–Crippen MR) is 76.7 cm³/mol. The Bertz CT molecular complexity index is 647. The van der Waals surface area contributed by atoms with E-state index >= 15 is 0 Å². The van der Waals surface area contributed by atoms with Crippen LogP contribution in [0.2, 0.25) is 0 Å². The average Bonchev–Trinajstić information content (AvgIpc) is 3.10. The Morgan fingerprint density at radius 2 is 2.20 bits per heavy atom.